The molecule has 0 aliphatic heterocycles. The Morgan fingerprint density at radius 2 is 2.10 bits per heavy atom. The minimum Gasteiger partial charge on any atom is -0.365 e. The van der Waals surface area contributed by atoms with Crippen LogP contribution in [-0.2, 0) is 0 Å². The number of aromatic amines is 1. The first-order valence-corrected chi connectivity index (χ1v) is 3.18. The van der Waals surface area contributed by atoms with E-state index in [0.29, 0.717) is 0 Å². The lowest BCUT2D eigenvalue weighted by Crippen LogP contribution is -1.68. The first kappa shape index (κ1) is 6.81. The topological polar surface area (TPSA) is 28.7 Å². The molecule has 1 aromatic rings. The van der Waals surface area contributed by atoms with Crippen LogP contribution >= 0.6 is 0 Å². The molecule has 0 spiro atoms. The number of hydrogen-bond donors (Lipinski definition) is 1. The molecule has 1 heterocycles. The SMILES string of the molecule is Cc1cccnccc[nH]1. The van der Waals surface area contributed by atoms with Crippen molar-refractivity contribution in [2.24, 2.45) is 0 Å². The summed E-state index contributed by atoms with van der Waals surface area (Å²) in [5.74, 6) is 0. The average molecular weight is 134 g/mol. The van der Waals surface area contributed by atoms with E-state index in [4.69, 9.17) is 0 Å². The van der Waals surface area contributed by atoms with Crippen LogP contribution in [0.4, 0.5) is 0 Å². The lowest BCUT2D eigenvalue weighted by Gasteiger charge is -1.80. The Morgan fingerprint density at radius 3 is 3.00 bits per heavy atom. The third kappa shape index (κ3) is 2.31. The number of rotatable bonds is 0. The highest BCUT2D eigenvalue weighted by molar-refractivity contribution is 4.95. The first-order valence-electron chi connectivity index (χ1n) is 3.18. The normalized spacial score (nSPS) is 8.50. The van der Waals surface area contributed by atoms with E-state index in [2.05, 4.69) is 9.97 Å². The second kappa shape index (κ2) is 3.67. The molecule has 10 heavy (non-hydrogen) atoms. The van der Waals surface area contributed by atoms with Crippen LogP contribution in [-0.4, -0.2) is 9.97 Å². The van der Waals surface area contributed by atoms with E-state index in [1.165, 1.54) is 0 Å². The van der Waals surface area contributed by atoms with Gasteiger partial charge in [0, 0.05) is 24.3 Å². The Balaban J connectivity index is 3.13. The molecule has 2 heteroatoms. The minimum absolute atomic E-state index is 1.11. The van der Waals surface area contributed by atoms with Gasteiger partial charge in [0.2, 0.25) is 0 Å². The van der Waals surface area contributed by atoms with Gasteiger partial charge in [0.1, 0.15) is 0 Å². The molecule has 0 aliphatic carbocycles. The smallest absolute Gasteiger partial charge is 0.0282 e. The van der Waals surface area contributed by atoms with Gasteiger partial charge in [-0.25, -0.2) is 0 Å². The number of aryl methyl sites for hydroxylation is 1. The predicted octanol–water partition coefficient (Wildman–Crippen LogP) is 1.84. The highest BCUT2D eigenvalue weighted by Gasteiger charge is 1.69. The number of hydrogen-bond acceptors (Lipinski definition) is 1. The highest BCUT2D eigenvalue weighted by Crippen LogP contribution is 1.82. The van der Waals surface area contributed by atoms with Crippen molar-refractivity contribution in [1.29, 1.82) is 0 Å². The summed E-state index contributed by atoms with van der Waals surface area (Å²) in [6, 6.07) is 5.71. The Bertz CT molecular complexity index is 215. The van der Waals surface area contributed by atoms with Crippen molar-refractivity contribution < 1.29 is 0 Å². The lowest BCUT2D eigenvalue weighted by molar-refractivity contribution is 1.22. The van der Waals surface area contributed by atoms with Gasteiger partial charge >= 0.3 is 0 Å². The molecule has 0 bridgehead atoms. The third-order valence-electron chi connectivity index (χ3n) is 1.10. The number of H-pyrrole nitrogens is 1. The number of nitrogens with one attached hydrogen (secondary N) is 1. The zero-order valence-corrected chi connectivity index (χ0v) is 5.91. The van der Waals surface area contributed by atoms with Gasteiger partial charge in [-0.15, -0.1) is 0 Å². The maximum atomic E-state index is 3.95. The van der Waals surface area contributed by atoms with Crippen molar-refractivity contribution in [2.75, 3.05) is 0 Å². The van der Waals surface area contributed by atoms with Crippen LogP contribution in [0, 0.1) is 6.92 Å². The molecule has 52 valence electrons. The van der Waals surface area contributed by atoms with Gasteiger partial charge in [-0.2, -0.15) is 0 Å². The molecule has 0 saturated heterocycles. The monoisotopic (exact) mass is 134 g/mol. The highest BCUT2D eigenvalue weighted by atomic mass is 14.7. The second-order valence-corrected chi connectivity index (χ2v) is 1.99. The van der Waals surface area contributed by atoms with Crippen molar-refractivity contribution in [3.8, 4) is 0 Å². The first-order chi connectivity index (χ1) is 4.89. The summed E-state index contributed by atoms with van der Waals surface area (Å²) >= 11 is 0. The van der Waals surface area contributed by atoms with E-state index >= 15 is 0 Å². The van der Waals surface area contributed by atoms with Crippen molar-refractivity contribution in [2.45, 2.75) is 6.92 Å². The molecule has 2 nitrogen and oxygen atoms in total. The molecule has 0 aromatic carbocycles. The zero-order valence-electron chi connectivity index (χ0n) is 5.91. The molecule has 1 N–H and O–H groups in total. The standard InChI is InChI=1S/C8H10N2/c1-8-4-2-5-9-6-3-7-10-8/h2-7,10H,1H3. The fourth-order valence-corrected chi connectivity index (χ4v) is 0.607. The van der Waals surface area contributed by atoms with Crippen molar-refractivity contribution in [3.05, 3.63) is 42.5 Å². The number of nitrogens with zero attached hydrogens (tertiary/aromatic N) is 1. The fraction of sp³-hybridized carbons (Fsp3) is 0.125. The van der Waals surface area contributed by atoms with Crippen LogP contribution in [0.25, 0.3) is 0 Å². The molecular weight excluding hydrogens is 124 g/mol. The van der Waals surface area contributed by atoms with Gasteiger partial charge in [-0.1, -0.05) is 0 Å². The Labute approximate surface area is 60.3 Å². The molecule has 0 atom stereocenters. The Hall–Kier alpha value is -1.31. The van der Waals surface area contributed by atoms with Crippen LogP contribution in [0.1, 0.15) is 5.69 Å². The van der Waals surface area contributed by atoms with Crippen LogP contribution in [0.15, 0.2) is 36.8 Å². The molecule has 0 amide bonds. The van der Waals surface area contributed by atoms with Crippen molar-refractivity contribution >= 4 is 0 Å². The molecule has 0 radical (unpaired) electrons. The van der Waals surface area contributed by atoms with E-state index in [1.807, 2.05) is 31.3 Å². The molecule has 0 unspecified atom stereocenters. The van der Waals surface area contributed by atoms with Crippen LogP contribution in [0.3, 0.4) is 0 Å². The summed E-state index contributed by atoms with van der Waals surface area (Å²) in [6.07, 6.45) is 5.33. The van der Waals surface area contributed by atoms with Gasteiger partial charge < -0.3 is 4.98 Å². The summed E-state index contributed by atoms with van der Waals surface area (Å²) in [5.41, 5.74) is 1.11. The fourth-order valence-electron chi connectivity index (χ4n) is 0.607. The maximum absolute atomic E-state index is 3.95. The maximum Gasteiger partial charge on any atom is 0.0282 e. The zero-order chi connectivity index (χ0) is 7.23. The Morgan fingerprint density at radius 1 is 1.30 bits per heavy atom. The van der Waals surface area contributed by atoms with Gasteiger partial charge in [-0.05, 0) is 25.1 Å². The second-order valence-electron chi connectivity index (χ2n) is 1.99. The summed E-state index contributed by atoms with van der Waals surface area (Å²) in [7, 11) is 0. The van der Waals surface area contributed by atoms with Gasteiger partial charge in [0.05, 0.1) is 0 Å². The average Bonchev–Trinajstić information content (AvgIpc) is 2.02. The van der Waals surface area contributed by atoms with Gasteiger partial charge in [0.25, 0.3) is 0 Å². The van der Waals surface area contributed by atoms with Crippen LogP contribution < -0.4 is 0 Å². The third-order valence-corrected chi connectivity index (χ3v) is 1.10. The van der Waals surface area contributed by atoms with Crippen molar-refractivity contribution in [3.63, 3.8) is 0 Å². The summed E-state index contributed by atoms with van der Waals surface area (Å²) in [4.78, 5) is 7.01. The minimum atomic E-state index is 1.11. The largest absolute Gasteiger partial charge is 0.365 e. The van der Waals surface area contributed by atoms with E-state index in [-0.39, 0.29) is 0 Å². The predicted molar refractivity (Wildman–Crippen MR) is 41.0 cm³/mol. The lowest BCUT2D eigenvalue weighted by atomic mass is 10.4. The summed E-state index contributed by atoms with van der Waals surface area (Å²) in [5, 5.41) is 0. The molecule has 0 saturated carbocycles. The van der Waals surface area contributed by atoms with Gasteiger partial charge in [-0.3, -0.25) is 4.98 Å². The van der Waals surface area contributed by atoms with Crippen molar-refractivity contribution in [1.82, 2.24) is 9.97 Å². The molecule has 1 rings (SSSR count). The molecular formula is C8H10N2. The van der Waals surface area contributed by atoms with Gasteiger partial charge in [0.15, 0.2) is 0 Å². The summed E-state index contributed by atoms with van der Waals surface area (Å²) in [6.45, 7) is 2.00. The molecule has 1 aromatic heterocycles. The van der Waals surface area contributed by atoms with E-state index < -0.39 is 0 Å². The quantitative estimate of drug-likeness (QED) is 0.576. The van der Waals surface area contributed by atoms with E-state index in [9.17, 15) is 0 Å². The van der Waals surface area contributed by atoms with Crippen LogP contribution in [0.5, 0.6) is 0 Å². The number of aromatic nitrogens is 2. The van der Waals surface area contributed by atoms with Crippen LogP contribution in [0.2, 0.25) is 0 Å². The van der Waals surface area contributed by atoms with E-state index in [1.54, 1.807) is 12.4 Å². The summed E-state index contributed by atoms with van der Waals surface area (Å²) < 4.78 is 0. The molecule has 0 aliphatic rings. The van der Waals surface area contributed by atoms with E-state index in [0.717, 1.165) is 5.69 Å². The Kier molecular flexibility index (Phi) is 2.49. The molecule has 0 fully saturated rings.